The Labute approximate surface area is 101 Å². The van der Waals surface area contributed by atoms with Crippen LogP contribution in [0.25, 0.3) is 0 Å². The van der Waals surface area contributed by atoms with Gasteiger partial charge in [0.05, 0.1) is 0 Å². The van der Waals surface area contributed by atoms with E-state index in [1.165, 1.54) is 0 Å². The maximum atomic E-state index is 11.4. The molecule has 0 bridgehead atoms. The van der Waals surface area contributed by atoms with E-state index in [-0.39, 0.29) is 11.9 Å². The van der Waals surface area contributed by atoms with Crippen molar-refractivity contribution >= 4 is 17.5 Å². The van der Waals surface area contributed by atoms with E-state index in [2.05, 4.69) is 5.32 Å². The topological polar surface area (TPSA) is 55.1 Å². The van der Waals surface area contributed by atoms with E-state index in [1.54, 1.807) is 0 Å². The Morgan fingerprint density at radius 1 is 1.50 bits per heavy atom. The first-order valence-corrected chi connectivity index (χ1v) is 5.73. The minimum atomic E-state index is -0.00994. The predicted molar refractivity (Wildman–Crippen MR) is 66.4 cm³/mol. The Bertz CT molecular complexity index is 353. The fourth-order valence-electron chi connectivity index (χ4n) is 1.31. The first-order valence-electron chi connectivity index (χ1n) is 5.35. The summed E-state index contributed by atoms with van der Waals surface area (Å²) < 4.78 is 0. The summed E-state index contributed by atoms with van der Waals surface area (Å²) in [4.78, 5) is 11.4. The van der Waals surface area contributed by atoms with Crippen molar-refractivity contribution in [2.24, 2.45) is 5.73 Å². The number of rotatable bonds is 5. The number of hydrogen-bond donors (Lipinski definition) is 2. The van der Waals surface area contributed by atoms with Gasteiger partial charge in [-0.1, -0.05) is 29.8 Å². The van der Waals surface area contributed by atoms with E-state index in [0.29, 0.717) is 24.4 Å². The Morgan fingerprint density at radius 2 is 2.19 bits per heavy atom. The van der Waals surface area contributed by atoms with Crippen LogP contribution in [0.15, 0.2) is 24.3 Å². The molecule has 0 heterocycles. The van der Waals surface area contributed by atoms with Crippen molar-refractivity contribution in [1.82, 2.24) is 5.32 Å². The summed E-state index contributed by atoms with van der Waals surface area (Å²) in [7, 11) is 0. The average Bonchev–Trinajstić information content (AvgIpc) is 2.25. The van der Waals surface area contributed by atoms with Crippen LogP contribution < -0.4 is 11.1 Å². The molecule has 0 radical (unpaired) electrons. The van der Waals surface area contributed by atoms with Crippen LogP contribution in [0, 0.1) is 0 Å². The summed E-state index contributed by atoms with van der Waals surface area (Å²) in [6.45, 7) is 2.37. The normalized spacial score (nSPS) is 12.2. The van der Waals surface area contributed by atoms with Gasteiger partial charge in [-0.15, -0.1) is 0 Å². The third-order valence-electron chi connectivity index (χ3n) is 2.20. The highest BCUT2D eigenvalue weighted by molar-refractivity contribution is 6.31. The van der Waals surface area contributed by atoms with Gasteiger partial charge in [-0.3, -0.25) is 4.79 Å². The van der Waals surface area contributed by atoms with E-state index in [9.17, 15) is 4.79 Å². The number of hydrogen-bond acceptors (Lipinski definition) is 2. The first kappa shape index (κ1) is 13.0. The molecule has 16 heavy (non-hydrogen) atoms. The van der Waals surface area contributed by atoms with Gasteiger partial charge in [0.25, 0.3) is 0 Å². The molecule has 0 fully saturated rings. The third kappa shape index (κ3) is 4.64. The zero-order valence-corrected chi connectivity index (χ0v) is 10.1. The molecule has 3 nitrogen and oxygen atoms in total. The molecule has 1 aromatic rings. The molecule has 88 valence electrons. The molecule has 0 spiro atoms. The molecular formula is C12H17ClN2O. The molecule has 1 aromatic carbocycles. The number of amides is 1. The molecule has 1 unspecified atom stereocenters. The number of carbonyl (C=O) groups is 1. The van der Waals surface area contributed by atoms with Gasteiger partial charge in [0.15, 0.2) is 0 Å². The Balaban J connectivity index is 2.35. The lowest BCUT2D eigenvalue weighted by Gasteiger charge is -2.08. The maximum absolute atomic E-state index is 11.4. The fraction of sp³-hybridized carbons (Fsp3) is 0.417. The molecule has 0 saturated carbocycles. The highest BCUT2D eigenvalue weighted by atomic mass is 35.5. The second-order valence-electron chi connectivity index (χ2n) is 3.87. The van der Waals surface area contributed by atoms with Gasteiger partial charge in [-0.25, -0.2) is 0 Å². The van der Waals surface area contributed by atoms with Crippen LogP contribution in [0.5, 0.6) is 0 Å². The number of carbonyl (C=O) groups excluding carboxylic acids is 1. The van der Waals surface area contributed by atoms with Gasteiger partial charge in [0.2, 0.25) is 5.91 Å². The summed E-state index contributed by atoms with van der Waals surface area (Å²) in [5.74, 6) is 0.0113. The van der Waals surface area contributed by atoms with E-state index >= 15 is 0 Å². The molecule has 0 aliphatic rings. The third-order valence-corrected chi connectivity index (χ3v) is 2.57. The van der Waals surface area contributed by atoms with E-state index < -0.39 is 0 Å². The summed E-state index contributed by atoms with van der Waals surface area (Å²) in [6, 6.07) is 7.55. The predicted octanol–water partition coefficient (Wildman–Crippen LogP) is 1.74. The summed E-state index contributed by atoms with van der Waals surface area (Å²) in [5, 5.41) is 3.48. The number of halogens is 1. The van der Waals surface area contributed by atoms with Crippen molar-refractivity contribution in [2.45, 2.75) is 25.8 Å². The molecular weight excluding hydrogens is 224 g/mol. The van der Waals surface area contributed by atoms with Crippen molar-refractivity contribution in [3.05, 3.63) is 34.9 Å². The first-order chi connectivity index (χ1) is 7.59. The molecule has 0 aliphatic carbocycles. The second-order valence-corrected chi connectivity index (χ2v) is 4.28. The molecule has 0 saturated heterocycles. The molecule has 3 N–H and O–H groups in total. The largest absolute Gasteiger partial charge is 0.355 e. The minimum Gasteiger partial charge on any atom is -0.355 e. The molecule has 1 amide bonds. The van der Waals surface area contributed by atoms with Crippen LogP contribution in [-0.4, -0.2) is 18.5 Å². The van der Waals surface area contributed by atoms with Gasteiger partial charge < -0.3 is 11.1 Å². The van der Waals surface area contributed by atoms with Gasteiger partial charge in [-0.05, 0) is 25.0 Å². The average molecular weight is 241 g/mol. The van der Waals surface area contributed by atoms with Crippen LogP contribution in [0.3, 0.4) is 0 Å². The standard InChI is InChI=1S/C12H17ClN2O/c1-9(14)8-15-12(16)7-6-10-4-2-3-5-11(10)13/h2-5,9H,6-8,14H2,1H3,(H,15,16). The lowest BCUT2D eigenvalue weighted by molar-refractivity contribution is -0.121. The van der Waals surface area contributed by atoms with Crippen LogP contribution in [0.1, 0.15) is 18.9 Å². The van der Waals surface area contributed by atoms with Gasteiger partial charge >= 0.3 is 0 Å². The highest BCUT2D eigenvalue weighted by Gasteiger charge is 2.04. The highest BCUT2D eigenvalue weighted by Crippen LogP contribution is 2.16. The van der Waals surface area contributed by atoms with Crippen molar-refractivity contribution in [3.8, 4) is 0 Å². The summed E-state index contributed by atoms with van der Waals surface area (Å²) in [6.07, 6.45) is 1.10. The van der Waals surface area contributed by atoms with Crippen LogP contribution in [0.2, 0.25) is 5.02 Å². The van der Waals surface area contributed by atoms with Crippen LogP contribution >= 0.6 is 11.6 Å². The quantitative estimate of drug-likeness (QED) is 0.824. The van der Waals surface area contributed by atoms with Crippen LogP contribution in [0.4, 0.5) is 0 Å². The molecule has 0 aliphatic heterocycles. The summed E-state index contributed by atoms with van der Waals surface area (Å²) in [5.41, 5.74) is 6.54. The lowest BCUT2D eigenvalue weighted by atomic mass is 10.1. The smallest absolute Gasteiger partial charge is 0.220 e. The number of aryl methyl sites for hydroxylation is 1. The van der Waals surface area contributed by atoms with E-state index in [1.807, 2.05) is 31.2 Å². The maximum Gasteiger partial charge on any atom is 0.220 e. The van der Waals surface area contributed by atoms with E-state index in [4.69, 9.17) is 17.3 Å². The molecule has 1 atom stereocenters. The molecule has 4 heteroatoms. The van der Waals surface area contributed by atoms with Crippen molar-refractivity contribution in [2.75, 3.05) is 6.54 Å². The van der Waals surface area contributed by atoms with Crippen molar-refractivity contribution in [1.29, 1.82) is 0 Å². The number of benzene rings is 1. The Morgan fingerprint density at radius 3 is 2.81 bits per heavy atom. The van der Waals surface area contributed by atoms with Gasteiger partial charge in [-0.2, -0.15) is 0 Å². The monoisotopic (exact) mass is 240 g/mol. The zero-order chi connectivity index (χ0) is 12.0. The number of nitrogens with one attached hydrogen (secondary N) is 1. The second kappa shape index (κ2) is 6.51. The van der Waals surface area contributed by atoms with Crippen molar-refractivity contribution in [3.63, 3.8) is 0 Å². The lowest BCUT2D eigenvalue weighted by Crippen LogP contribution is -2.35. The molecule has 0 aromatic heterocycles. The number of nitrogens with two attached hydrogens (primary N) is 1. The zero-order valence-electron chi connectivity index (χ0n) is 9.37. The SMILES string of the molecule is CC(N)CNC(=O)CCc1ccccc1Cl. The Kier molecular flexibility index (Phi) is 5.29. The Hall–Kier alpha value is -1.06. The fourth-order valence-corrected chi connectivity index (χ4v) is 1.54. The minimum absolute atomic E-state index is 0.00994. The van der Waals surface area contributed by atoms with Crippen molar-refractivity contribution < 1.29 is 4.79 Å². The molecule has 1 rings (SSSR count). The van der Waals surface area contributed by atoms with Gasteiger partial charge in [0, 0.05) is 24.0 Å². The van der Waals surface area contributed by atoms with Gasteiger partial charge in [0.1, 0.15) is 0 Å². The summed E-state index contributed by atoms with van der Waals surface area (Å²) >= 11 is 5.98. The van der Waals surface area contributed by atoms with E-state index in [0.717, 1.165) is 5.56 Å². The van der Waals surface area contributed by atoms with Crippen LogP contribution in [-0.2, 0) is 11.2 Å².